The van der Waals surface area contributed by atoms with Crippen LogP contribution in [0.3, 0.4) is 0 Å². The Morgan fingerprint density at radius 3 is 1.62 bits per heavy atom. The van der Waals surface area contributed by atoms with Crippen LogP contribution in [0.25, 0.3) is 0 Å². The van der Waals surface area contributed by atoms with Crippen LogP contribution in [0.2, 0.25) is 0 Å². The summed E-state index contributed by atoms with van der Waals surface area (Å²) in [4.78, 5) is 0. The number of hydrogen-bond acceptors (Lipinski definition) is 7. The van der Waals surface area contributed by atoms with Gasteiger partial charge in [-0.05, 0) is 44.2 Å². The van der Waals surface area contributed by atoms with Crippen molar-refractivity contribution in [2.75, 3.05) is 33.0 Å². The highest BCUT2D eigenvalue weighted by Crippen LogP contribution is 2.46. The van der Waals surface area contributed by atoms with Gasteiger partial charge in [-0.1, -0.05) is 66.7 Å². The Morgan fingerprint density at radius 2 is 1.10 bits per heavy atom. The number of aliphatic hydroxyl groups excluding tert-OH is 1. The van der Waals surface area contributed by atoms with Gasteiger partial charge in [0.2, 0.25) is 5.75 Å². The SMILES string of the molecule is CCCCOc1cc(OCCCC)c2c(c1)O[C@@H](c1cc(OCCCC)c(OCCCC)c(OCCCC)c1)[C@H](O)C2. The lowest BCUT2D eigenvalue weighted by molar-refractivity contribution is 0.0192. The molecule has 3 rings (SSSR count). The van der Waals surface area contributed by atoms with Crippen molar-refractivity contribution >= 4 is 0 Å². The lowest BCUT2D eigenvalue weighted by Gasteiger charge is -2.33. The van der Waals surface area contributed by atoms with Gasteiger partial charge in [-0.15, -0.1) is 0 Å². The van der Waals surface area contributed by atoms with Crippen LogP contribution in [-0.2, 0) is 6.42 Å². The smallest absolute Gasteiger partial charge is 0.203 e. The highest BCUT2D eigenvalue weighted by Gasteiger charge is 2.34. The first kappa shape index (κ1) is 33.7. The summed E-state index contributed by atoms with van der Waals surface area (Å²) in [5, 5.41) is 11.4. The summed E-state index contributed by atoms with van der Waals surface area (Å²) in [5.41, 5.74) is 1.66. The van der Waals surface area contributed by atoms with Crippen molar-refractivity contribution < 1.29 is 33.5 Å². The van der Waals surface area contributed by atoms with Crippen LogP contribution in [0.4, 0.5) is 0 Å². The molecule has 1 aliphatic rings. The minimum absolute atomic E-state index is 0.406. The maximum absolute atomic E-state index is 11.4. The van der Waals surface area contributed by atoms with E-state index >= 15 is 0 Å². The predicted octanol–water partition coefficient (Wildman–Crippen LogP) is 8.62. The molecule has 0 amide bonds. The fourth-order valence-electron chi connectivity index (χ4n) is 4.69. The van der Waals surface area contributed by atoms with E-state index in [0.29, 0.717) is 62.5 Å². The third-order valence-electron chi connectivity index (χ3n) is 7.31. The molecule has 0 spiro atoms. The topological polar surface area (TPSA) is 75.6 Å². The van der Waals surface area contributed by atoms with Gasteiger partial charge in [-0.3, -0.25) is 0 Å². The van der Waals surface area contributed by atoms with Gasteiger partial charge in [0.1, 0.15) is 17.2 Å². The van der Waals surface area contributed by atoms with E-state index in [4.69, 9.17) is 28.4 Å². The van der Waals surface area contributed by atoms with E-state index in [1.807, 2.05) is 24.3 Å². The molecule has 0 unspecified atom stereocenters. The van der Waals surface area contributed by atoms with E-state index in [-0.39, 0.29) is 0 Å². The van der Waals surface area contributed by atoms with Crippen LogP contribution in [0, 0.1) is 0 Å². The molecule has 1 heterocycles. The molecule has 2 aromatic carbocycles. The fraction of sp³-hybridized carbons (Fsp3) is 0.657. The summed E-state index contributed by atoms with van der Waals surface area (Å²) in [6, 6.07) is 7.75. The molecule has 0 aromatic heterocycles. The van der Waals surface area contributed by atoms with E-state index in [2.05, 4.69) is 34.6 Å². The Balaban J connectivity index is 1.99. The lowest BCUT2D eigenvalue weighted by atomic mass is 9.93. The minimum Gasteiger partial charge on any atom is -0.493 e. The number of fused-ring (bicyclic) bond motifs is 1. The Hall–Kier alpha value is -2.80. The molecule has 0 saturated heterocycles. The van der Waals surface area contributed by atoms with Crippen molar-refractivity contribution in [1.29, 1.82) is 0 Å². The molecule has 0 bridgehead atoms. The highest BCUT2D eigenvalue weighted by atomic mass is 16.5. The molecule has 42 heavy (non-hydrogen) atoms. The number of unbranched alkanes of at least 4 members (excludes halogenated alkanes) is 5. The zero-order chi connectivity index (χ0) is 30.2. The number of ether oxygens (including phenoxy) is 6. The molecule has 1 aliphatic heterocycles. The third-order valence-corrected chi connectivity index (χ3v) is 7.31. The van der Waals surface area contributed by atoms with E-state index < -0.39 is 12.2 Å². The normalized spacial score (nSPS) is 16.0. The standard InChI is InChI=1S/C35H54O7/c1-6-11-16-37-27-23-30(38-17-12-7-2)28-25-29(36)34(42-31(28)24-27)26-21-32(39-18-13-8-3)35(41-20-15-10-5)33(22-26)40-19-14-9-4/h21-24,29,34,36H,6-20,25H2,1-5H3/t29-,34+/m1/s1. The number of benzene rings is 2. The molecule has 7 nitrogen and oxygen atoms in total. The van der Waals surface area contributed by atoms with Gasteiger partial charge in [0.05, 0.1) is 39.1 Å². The first-order valence-electron chi connectivity index (χ1n) is 16.4. The van der Waals surface area contributed by atoms with Crippen molar-refractivity contribution in [1.82, 2.24) is 0 Å². The van der Waals surface area contributed by atoms with Gasteiger partial charge in [0.15, 0.2) is 17.6 Å². The first-order chi connectivity index (χ1) is 20.6. The molecule has 0 radical (unpaired) electrons. The van der Waals surface area contributed by atoms with Gasteiger partial charge in [-0.25, -0.2) is 0 Å². The number of rotatable bonds is 21. The van der Waals surface area contributed by atoms with Gasteiger partial charge >= 0.3 is 0 Å². The third kappa shape index (κ3) is 9.89. The maximum atomic E-state index is 11.4. The molecule has 2 atom stereocenters. The van der Waals surface area contributed by atoms with Crippen LogP contribution < -0.4 is 28.4 Å². The van der Waals surface area contributed by atoms with Crippen LogP contribution >= 0.6 is 0 Å². The van der Waals surface area contributed by atoms with Crippen LogP contribution in [-0.4, -0.2) is 44.2 Å². The highest BCUT2D eigenvalue weighted by molar-refractivity contribution is 5.56. The average molecular weight is 587 g/mol. The zero-order valence-electron chi connectivity index (χ0n) is 26.7. The van der Waals surface area contributed by atoms with Crippen molar-refractivity contribution in [3.05, 3.63) is 35.4 Å². The summed E-state index contributed by atoms with van der Waals surface area (Å²) < 4.78 is 37.5. The summed E-state index contributed by atoms with van der Waals surface area (Å²) in [7, 11) is 0. The van der Waals surface area contributed by atoms with Gasteiger partial charge in [0, 0.05) is 29.7 Å². The van der Waals surface area contributed by atoms with Crippen LogP contribution in [0.5, 0.6) is 34.5 Å². The quantitative estimate of drug-likeness (QED) is 0.147. The molecular weight excluding hydrogens is 532 g/mol. The zero-order valence-corrected chi connectivity index (χ0v) is 26.7. The van der Waals surface area contributed by atoms with Crippen LogP contribution in [0.1, 0.15) is 116 Å². The van der Waals surface area contributed by atoms with Gasteiger partial charge in [-0.2, -0.15) is 0 Å². The second kappa shape index (κ2) is 18.7. The molecule has 0 fully saturated rings. The molecule has 236 valence electrons. The van der Waals surface area contributed by atoms with E-state index in [1.54, 1.807) is 0 Å². The molecule has 2 aromatic rings. The van der Waals surface area contributed by atoms with Crippen molar-refractivity contribution in [2.24, 2.45) is 0 Å². The largest absolute Gasteiger partial charge is 0.493 e. The van der Waals surface area contributed by atoms with E-state index in [1.165, 1.54) is 0 Å². The Kier molecular flexibility index (Phi) is 15.0. The predicted molar refractivity (Wildman–Crippen MR) is 168 cm³/mol. The van der Waals surface area contributed by atoms with Gasteiger partial charge in [0.25, 0.3) is 0 Å². The van der Waals surface area contributed by atoms with Crippen LogP contribution in [0.15, 0.2) is 24.3 Å². The summed E-state index contributed by atoms with van der Waals surface area (Å²) in [6.07, 6.45) is 8.93. The summed E-state index contributed by atoms with van der Waals surface area (Å²) in [6.45, 7) is 13.7. The molecule has 0 saturated carbocycles. The van der Waals surface area contributed by atoms with Crippen molar-refractivity contribution in [3.8, 4) is 34.5 Å². The Morgan fingerprint density at radius 1 is 0.619 bits per heavy atom. The lowest BCUT2D eigenvalue weighted by Crippen LogP contribution is -2.31. The van der Waals surface area contributed by atoms with Crippen molar-refractivity contribution in [2.45, 2.75) is 117 Å². The average Bonchev–Trinajstić information content (AvgIpc) is 2.98. The molecule has 1 N–H and O–H groups in total. The second-order valence-corrected chi connectivity index (χ2v) is 11.1. The number of aliphatic hydroxyl groups is 1. The molecular formula is C35H54O7. The fourth-order valence-corrected chi connectivity index (χ4v) is 4.69. The minimum atomic E-state index is -0.781. The Bertz CT molecular complexity index is 1020. The van der Waals surface area contributed by atoms with E-state index in [0.717, 1.165) is 86.8 Å². The molecule has 0 aliphatic carbocycles. The van der Waals surface area contributed by atoms with Crippen molar-refractivity contribution in [3.63, 3.8) is 0 Å². The summed E-state index contributed by atoms with van der Waals surface area (Å²) >= 11 is 0. The summed E-state index contributed by atoms with van der Waals surface area (Å²) in [5.74, 6) is 4.00. The number of hydrogen-bond donors (Lipinski definition) is 1. The monoisotopic (exact) mass is 586 g/mol. The Labute approximate surface area is 253 Å². The van der Waals surface area contributed by atoms with E-state index in [9.17, 15) is 5.11 Å². The maximum Gasteiger partial charge on any atom is 0.203 e. The molecule has 7 heteroatoms. The second-order valence-electron chi connectivity index (χ2n) is 11.1. The van der Waals surface area contributed by atoms with Gasteiger partial charge < -0.3 is 33.5 Å². The first-order valence-corrected chi connectivity index (χ1v) is 16.4.